The van der Waals surface area contributed by atoms with E-state index in [2.05, 4.69) is 6.07 Å². The third-order valence-electron chi connectivity index (χ3n) is 3.94. The van der Waals surface area contributed by atoms with E-state index in [1.807, 2.05) is 32.2 Å². The second-order valence-corrected chi connectivity index (χ2v) is 5.89. The van der Waals surface area contributed by atoms with Crippen LogP contribution in [0.3, 0.4) is 0 Å². The quantitative estimate of drug-likeness (QED) is 0.859. The second-order valence-electron chi connectivity index (χ2n) is 5.45. The summed E-state index contributed by atoms with van der Waals surface area (Å²) < 4.78 is 0. The third-order valence-corrected chi connectivity index (χ3v) is 4.33. The molecule has 0 bridgehead atoms. The number of hydrogen-bond donors (Lipinski definition) is 1. The molecule has 1 aromatic carbocycles. The molecule has 2 N–H and O–H groups in total. The lowest BCUT2D eigenvalue weighted by Crippen LogP contribution is -2.53. The molecule has 0 saturated heterocycles. The number of benzene rings is 1. The molecule has 3 nitrogen and oxygen atoms in total. The number of amides is 1. The van der Waals surface area contributed by atoms with Gasteiger partial charge in [-0.1, -0.05) is 48.5 Å². The van der Waals surface area contributed by atoms with Crippen LogP contribution in [-0.2, 0) is 11.3 Å². The van der Waals surface area contributed by atoms with Gasteiger partial charge >= 0.3 is 0 Å². The van der Waals surface area contributed by atoms with Gasteiger partial charge in [0.05, 0.1) is 10.4 Å². The van der Waals surface area contributed by atoms with Crippen molar-refractivity contribution < 1.29 is 4.79 Å². The minimum Gasteiger partial charge on any atom is -0.392 e. The normalized spacial score (nSPS) is 16.5. The third kappa shape index (κ3) is 2.63. The van der Waals surface area contributed by atoms with E-state index < -0.39 is 5.41 Å². The van der Waals surface area contributed by atoms with Crippen LogP contribution < -0.4 is 5.73 Å². The maximum absolute atomic E-state index is 12.5. The van der Waals surface area contributed by atoms with Crippen molar-refractivity contribution >= 4 is 23.1 Å². The monoisotopic (exact) mass is 276 g/mol. The lowest BCUT2D eigenvalue weighted by atomic mass is 9.67. The van der Waals surface area contributed by atoms with Gasteiger partial charge in [0.25, 0.3) is 0 Å². The molecule has 0 atom stereocenters. The van der Waals surface area contributed by atoms with Crippen molar-refractivity contribution in [3.8, 4) is 0 Å². The highest BCUT2D eigenvalue weighted by molar-refractivity contribution is 7.80. The number of nitrogens with zero attached hydrogens (tertiary/aromatic N) is 1. The summed E-state index contributed by atoms with van der Waals surface area (Å²) in [7, 11) is 1.82. The fraction of sp³-hybridized carbons (Fsp3) is 0.467. The minimum absolute atomic E-state index is 0.0627. The summed E-state index contributed by atoms with van der Waals surface area (Å²) in [5.74, 6) is 0.0627. The number of rotatable bonds is 4. The van der Waals surface area contributed by atoms with Crippen molar-refractivity contribution in [2.24, 2.45) is 11.1 Å². The molecule has 19 heavy (non-hydrogen) atoms. The van der Waals surface area contributed by atoms with Crippen molar-refractivity contribution in [1.29, 1.82) is 0 Å². The molecule has 1 saturated carbocycles. The molecular formula is C15H20N2OS. The molecule has 1 aromatic rings. The molecule has 102 valence electrons. The van der Waals surface area contributed by atoms with Crippen LogP contribution in [0.1, 0.15) is 30.4 Å². The first kappa shape index (κ1) is 14.0. The number of carbonyl (C=O) groups excluding carboxylic acids is 1. The van der Waals surface area contributed by atoms with Crippen molar-refractivity contribution in [3.05, 3.63) is 35.4 Å². The van der Waals surface area contributed by atoms with Crippen LogP contribution in [0, 0.1) is 12.3 Å². The summed E-state index contributed by atoms with van der Waals surface area (Å²) in [5, 5.41) is 0. The number of aryl methyl sites for hydroxylation is 1. The first-order chi connectivity index (χ1) is 8.95. The predicted molar refractivity (Wildman–Crippen MR) is 80.7 cm³/mol. The van der Waals surface area contributed by atoms with Gasteiger partial charge in [-0.3, -0.25) is 4.79 Å². The molecule has 1 fully saturated rings. The summed E-state index contributed by atoms with van der Waals surface area (Å²) in [6.45, 7) is 2.65. The Bertz CT molecular complexity index is 509. The lowest BCUT2D eigenvalue weighted by molar-refractivity contribution is -0.141. The molecule has 2 rings (SSSR count). The molecule has 0 heterocycles. The van der Waals surface area contributed by atoms with Gasteiger partial charge in [-0.05, 0) is 25.3 Å². The maximum Gasteiger partial charge on any atom is 0.235 e. The highest BCUT2D eigenvalue weighted by Crippen LogP contribution is 2.42. The molecule has 0 aromatic heterocycles. The van der Waals surface area contributed by atoms with E-state index in [0.717, 1.165) is 24.8 Å². The molecule has 0 unspecified atom stereocenters. The molecule has 0 aliphatic heterocycles. The van der Waals surface area contributed by atoms with Crippen LogP contribution in [0.15, 0.2) is 24.3 Å². The van der Waals surface area contributed by atoms with Gasteiger partial charge in [-0.15, -0.1) is 0 Å². The van der Waals surface area contributed by atoms with E-state index >= 15 is 0 Å². The number of carbonyl (C=O) groups is 1. The standard InChI is InChI=1S/C15H20N2OS/c1-11-5-3-6-12(9-11)10-17(2)14(18)15(13(16)19)7-4-8-15/h3,5-6,9H,4,7-8,10H2,1-2H3,(H2,16,19). The fourth-order valence-electron chi connectivity index (χ4n) is 2.62. The smallest absolute Gasteiger partial charge is 0.235 e. The SMILES string of the molecule is Cc1cccc(CN(C)C(=O)C2(C(N)=S)CCC2)c1. The van der Waals surface area contributed by atoms with Gasteiger partial charge in [0, 0.05) is 13.6 Å². The Balaban J connectivity index is 2.09. The highest BCUT2D eigenvalue weighted by atomic mass is 32.1. The number of thiocarbonyl (C=S) groups is 1. The molecule has 1 aliphatic carbocycles. The Morgan fingerprint density at radius 3 is 2.63 bits per heavy atom. The van der Waals surface area contributed by atoms with Crippen LogP contribution in [0.2, 0.25) is 0 Å². The van der Waals surface area contributed by atoms with Gasteiger partial charge < -0.3 is 10.6 Å². The predicted octanol–water partition coefficient (Wildman–Crippen LogP) is 2.41. The zero-order valence-corrected chi connectivity index (χ0v) is 12.3. The number of nitrogens with two attached hydrogens (primary N) is 1. The summed E-state index contributed by atoms with van der Waals surface area (Å²) >= 11 is 5.09. The van der Waals surface area contributed by atoms with E-state index in [9.17, 15) is 4.79 Å². The van der Waals surface area contributed by atoms with Crippen molar-refractivity contribution in [2.45, 2.75) is 32.7 Å². The summed E-state index contributed by atoms with van der Waals surface area (Å²) in [5.41, 5.74) is 7.53. The molecular weight excluding hydrogens is 256 g/mol. The van der Waals surface area contributed by atoms with Crippen molar-refractivity contribution in [2.75, 3.05) is 7.05 Å². The van der Waals surface area contributed by atoms with Crippen LogP contribution >= 0.6 is 12.2 Å². The van der Waals surface area contributed by atoms with Crippen LogP contribution in [0.5, 0.6) is 0 Å². The average molecular weight is 276 g/mol. The van der Waals surface area contributed by atoms with E-state index in [-0.39, 0.29) is 5.91 Å². The molecule has 1 amide bonds. The van der Waals surface area contributed by atoms with Crippen LogP contribution in [0.25, 0.3) is 0 Å². The average Bonchev–Trinajstić information content (AvgIpc) is 2.26. The number of hydrogen-bond acceptors (Lipinski definition) is 2. The zero-order chi connectivity index (χ0) is 14.0. The van der Waals surface area contributed by atoms with E-state index in [1.165, 1.54) is 5.56 Å². The Labute approximate surface area is 119 Å². The maximum atomic E-state index is 12.5. The largest absolute Gasteiger partial charge is 0.392 e. The molecule has 4 heteroatoms. The van der Waals surface area contributed by atoms with Crippen molar-refractivity contribution in [3.63, 3.8) is 0 Å². The molecule has 1 aliphatic rings. The second kappa shape index (κ2) is 5.29. The Morgan fingerprint density at radius 2 is 2.16 bits per heavy atom. The minimum atomic E-state index is -0.575. The Kier molecular flexibility index (Phi) is 3.90. The van der Waals surface area contributed by atoms with Gasteiger partial charge in [0.15, 0.2) is 0 Å². The van der Waals surface area contributed by atoms with Gasteiger partial charge in [-0.2, -0.15) is 0 Å². The van der Waals surface area contributed by atoms with E-state index in [4.69, 9.17) is 18.0 Å². The van der Waals surface area contributed by atoms with Gasteiger partial charge in [0.2, 0.25) is 5.91 Å². The highest BCUT2D eigenvalue weighted by Gasteiger charge is 2.48. The first-order valence-corrected chi connectivity index (χ1v) is 6.97. The summed E-state index contributed by atoms with van der Waals surface area (Å²) in [4.78, 5) is 14.6. The Hall–Kier alpha value is -1.42. The van der Waals surface area contributed by atoms with Gasteiger partial charge in [-0.25, -0.2) is 0 Å². The lowest BCUT2D eigenvalue weighted by Gasteiger charge is -2.41. The van der Waals surface area contributed by atoms with Crippen LogP contribution in [-0.4, -0.2) is 22.8 Å². The molecule has 0 radical (unpaired) electrons. The van der Waals surface area contributed by atoms with Crippen molar-refractivity contribution in [1.82, 2.24) is 4.90 Å². The van der Waals surface area contributed by atoms with E-state index in [1.54, 1.807) is 4.90 Å². The topological polar surface area (TPSA) is 46.3 Å². The fourth-order valence-corrected chi connectivity index (χ4v) is 2.91. The van der Waals surface area contributed by atoms with E-state index in [0.29, 0.717) is 11.5 Å². The first-order valence-electron chi connectivity index (χ1n) is 6.57. The van der Waals surface area contributed by atoms with Crippen LogP contribution in [0.4, 0.5) is 0 Å². The summed E-state index contributed by atoms with van der Waals surface area (Å²) in [6, 6.07) is 8.19. The van der Waals surface area contributed by atoms with Gasteiger partial charge in [0.1, 0.15) is 0 Å². The zero-order valence-electron chi connectivity index (χ0n) is 11.5. The molecule has 0 spiro atoms. The summed E-state index contributed by atoms with van der Waals surface area (Å²) in [6.07, 6.45) is 2.61. The Morgan fingerprint density at radius 1 is 1.47 bits per heavy atom.